The molecule has 0 saturated carbocycles. The summed E-state index contributed by atoms with van der Waals surface area (Å²) in [6.07, 6.45) is 7.75. The van der Waals surface area contributed by atoms with Crippen LogP contribution in [0.3, 0.4) is 0 Å². The molecule has 6 rings (SSSR count). The number of rotatable bonds is 5. The summed E-state index contributed by atoms with van der Waals surface area (Å²) in [7, 11) is 2.79. The number of nitrogens with zero attached hydrogens (tertiary/aromatic N) is 4. The van der Waals surface area contributed by atoms with Crippen molar-refractivity contribution in [3.05, 3.63) is 92.2 Å². The highest BCUT2D eigenvalue weighted by Crippen LogP contribution is 2.47. The van der Waals surface area contributed by atoms with E-state index in [2.05, 4.69) is 12.1 Å². The van der Waals surface area contributed by atoms with Crippen LogP contribution in [0.5, 0.6) is 0 Å². The number of aryl methyl sites for hydroxylation is 2. The number of hydrogen-bond acceptors (Lipinski definition) is 6. The summed E-state index contributed by atoms with van der Waals surface area (Å²) in [5.74, 6) is 0. The summed E-state index contributed by atoms with van der Waals surface area (Å²) in [4.78, 5) is 9.99. The summed E-state index contributed by atoms with van der Waals surface area (Å²) < 4.78 is 0. The van der Waals surface area contributed by atoms with E-state index in [9.17, 15) is 10.5 Å². The predicted molar refractivity (Wildman–Crippen MR) is 164 cm³/mol. The molecule has 2 aliphatic carbocycles. The molecule has 40 heavy (non-hydrogen) atoms. The van der Waals surface area contributed by atoms with Crippen molar-refractivity contribution < 1.29 is 0 Å². The highest BCUT2D eigenvalue weighted by Gasteiger charge is 2.27. The van der Waals surface area contributed by atoms with Gasteiger partial charge in [0, 0.05) is 43.7 Å². The second kappa shape index (κ2) is 11.9. The molecule has 0 N–H and O–H groups in total. The Morgan fingerprint density at radius 2 is 1.00 bits per heavy atom. The molecule has 8 heteroatoms. The van der Waals surface area contributed by atoms with Gasteiger partial charge in [-0.25, -0.2) is 9.97 Å². The van der Waals surface area contributed by atoms with Gasteiger partial charge in [-0.3, -0.25) is 0 Å². The number of benzene rings is 2. The van der Waals surface area contributed by atoms with E-state index in [1.54, 1.807) is 0 Å². The maximum atomic E-state index is 10.4. The number of fused-ring (bicyclic) bond motifs is 2. The maximum Gasteiger partial charge on any atom is 0.126 e. The molecule has 2 heterocycles. The van der Waals surface area contributed by atoms with Crippen LogP contribution in [0, 0.1) is 22.7 Å². The molecule has 0 aliphatic heterocycles. The fraction of sp³-hybridized carbons (Fsp3) is 0.250. The smallest absolute Gasteiger partial charge is 0.126 e. The van der Waals surface area contributed by atoms with Crippen LogP contribution < -0.4 is 0 Å². The number of halogens is 2. The molecule has 0 atom stereocenters. The van der Waals surface area contributed by atoms with Crippen LogP contribution >= 0.6 is 44.8 Å². The van der Waals surface area contributed by atoms with E-state index in [4.69, 9.17) is 33.2 Å². The van der Waals surface area contributed by atoms with Gasteiger partial charge < -0.3 is 0 Å². The Balaban J connectivity index is 1.48. The molecule has 2 aliphatic rings. The third kappa shape index (κ3) is 5.00. The van der Waals surface area contributed by atoms with Crippen LogP contribution in [0.2, 0.25) is 10.0 Å². The molecule has 0 bridgehead atoms. The molecule has 2 aromatic carbocycles. The van der Waals surface area contributed by atoms with Crippen molar-refractivity contribution in [2.45, 2.75) is 61.4 Å². The zero-order chi connectivity index (χ0) is 27.6. The Bertz CT molecular complexity index is 1590. The fourth-order valence-electron chi connectivity index (χ4n) is 5.77. The fourth-order valence-corrected chi connectivity index (χ4v) is 8.34. The quantitative estimate of drug-likeness (QED) is 0.213. The summed E-state index contributed by atoms with van der Waals surface area (Å²) >= 11 is 13.3. The van der Waals surface area contributed by atoms with Crippen molar-refractivity contribution in [1.29, 1.82) is 10.5 Å². The lowest BCUT2D eigenvalue weighted by Crippen LogP contribution is -2.11. The van der Waals surface area contributed by atoms with Gasteiger partial charge in [-0.2, -0.15) is 10.5 Å². The van der Waals surface area contributed by atoms with E-state index >= 15 is 0 Å². The molecular formula is C32H24Cl2N4S2. The van der Waals surface area contributed by atoms with Crippen molar-refractivity contribution in [3.63, 3.8) is 0 Å². The normalized spacial score (nSPS) is 14.1. The molecule has 0 amide bonds. The molecule has 0 fully saturated rings. The number of hydrogen-bond donors (Lipinski definition) is 0. The van der Waals surface area contributed by atoms with Gasteiger partial charge in [0.2, 0.25) is 0 Å². The zero-order valence-electron chi connectivity index (χ0n) is 21.6. The SMILES string of the molecule is N#Cc1c(SSc2nc3c(c(-c4ccccc4Cl)c2C#N)CCCC3)nc2c(c1-c1ccccc1Cl)CCCC2. The van der Waals surface area contributed by atoms with Gasteiger partial charge in [0.25, 0.3) is 0 Å². The van der Waals surface area contributed by atoms with Gasteiger partial charge in [-0.15, -0.1) is 0 Å². The van der Waals surface area contributed by atoms with Gasteiger partial charge in [0.15, 0.2) is 0 Å². The van der Waals surface area contributed by atoms with Gasteiger partial charge in [0.05, 0.1) is 11.1 Å². The number of aromatic nitrogens is 2. The third-order valence-electron chi connectivity index (χ3n) is 7.59. The zero-order valence-corrected chi connectivity index (χ0v) is 24.8. The van der Waals surface area contributed by atoms with Gasteiger partial charge in [-0.1, -0.05) is 59.6 Å². The maximum absolute atomic E-state index is 10.4. The van der Waals surface area contributed by atoms with Crippen LogP contribution in [0.1, 0.15) is 59.3 Å². The Kier molecular flexibility index (Phi) is 8.05. The van der Waals surface area contributed by atoms with Crippen molar-refractivity contribution in [1.82, 2.24) is 9.97 Å². The van der Waals surface area contributed by atoms with Crippen molar-refractivity contribution >= 4 is 44.8 Å². The summed E-state index contributed by atoms with van der Waals surface area (Å²) in [6, 6.07) is 20.3. The first-order chi connectivity index (χ1) is 19.6. The summed E-state index contributed by atoms with van der Waals surface area (Å²) in [6.45, 7) is 0. The molecule has 0 saturated heterocycles. The first kappa shape index (κ1) is 27.2. The molecule has 4 aromatic rings. The first-order valence-electron chi connectivity index (χ1n) is 13.4. The van der Waals surface area contributed by atoms with Crippen molar-refractivity contribution in [3.8, 4) is 34.4 Å². The van der Waals surface area contributed by atoms with Crippen molar-refractivity contribution in [2.24, 2.45) is 0 Å². The average molecular weight is 600 g/mol. The Morgan fingerprint density at radius 3 is 1.40 bits per heavy atom. The van der Waals surface area contributed by atoms with Gasteiger partial charge in [0.1, 0.15) is 22.2 Å². The third-order valence-corrected chi connectivity index (χ3v) is 10.4. The van der Waals surface area contributed by atoms with Crippen molar-refractivity contribution in [2.75, 3.05) is 0 Å². The molecule has 0 radical (unpaired) electrons. The lowest BCUT2D eigenvalue weighted by Gasteiger charge is -2.23. The molecule has 4 nitrogen and oxygen atoms in total. The second-order valence-electron chi connectivity index (χ2n) is 9.95. The molecule has 2 aromatic heterocycles. The van der Waals surface area contributed by atoms with E-state index in [0.717, 1.165) is 96.1 Å². The topological polar surface area (TPSA) is 73.4 Å². The van der Waals surface area contributed by atoms with E-state index in [1.807, 2.05) is 48.5 Å². The first-order valence-corrected chi connectivity index (χ1v) is 16.3. The van der Waals surface area contributed by atoms with Crippen LogP contribution in [0.15, 0.2) is 58.6 Å². The lowest BCUT2D eigenvalue weighted by atomic mass is 9.87. The Morgan fingerprint density at radius 1 is 0.600 bits per heavy atom. The monoisotopic (exact) mass is 598 g/mol. The minimum absolute atomic E-state index is 0.522. The standard InChI is InChI=1S/C32H24Cl2N4S2/c33-25-13-5-1-9-19(25)29-21-11-3-7-15-27(21)37-31(23(29)17-35)39-40-32-24(18-36)30(20-10-2-6-14-26(20)34)22-12-4-8-16-28(22)38-32/h1-2,5-6,9-10,13-14H,3-4,7-8,11-12,15-16H2. The highest BCUT2D eigenvalue weighted by molar-refractivity contribution is 8.76. The van der Waals surface area contributed by atoms with Crippen LogP contribution in [-0.2, 0) is 25.7 Å². The highest BCUT2D eigenvalue weighted by atomic mass is 35.5. The Hall–Kier alpha value is -3.00. The van der Waals surface area contributed by atoms with Gasteiger partial charge in [-0.05, 0) is 96.2 Å². The summed E-state index contributed by atoms with van der Waals surface area (Å²) in [5, 5.41) is 23.3. The van der Waals surface area contributed by atoms with E-state index in [-0.39, 0.29) is 0 Å². The molecular weight excluding hydrogens is 575 g/mol. The average Bonchev–Trinajstić information content (AvgIpc) is 2.99. The van der Waals surface area contributed by atoms with E-state index < -0.39 is 0 Å². The molecule has 0 unspecified atom stereocenters. The minimum Gasteiger partial charge on any atom is -0.244 e. The van der Waals surface area contributed by atoms with E-state index in [1.165, 1.54) is 21.6 Å². The number of pyridine rings is 2. The number of nitriles is 2. The molecule has 0 spiro atoms. The van der Waals surface area contributed by atoms with Gasteiger partial charge >= 0.3 is 0 Å². The largest absolute Gasteiger partial charge is 0.244 e. The Labute approximate surface area is 252 Å². The van der Waals surface area contributed by atoms with Crippen LogP contribution in [0.4, 0.5) is 0 Å². The molecule has 198 valence electrons. The second-order valence-corrected chi connectivity index (χ2v) is 12.9. The summed E-state index contributed by atoms with van der Waals surface area (Å²) in [5.41, 5.74) is 8.83. The van der Waals surface area contributed by atoms with Crippen LogP contribution in [-0.4, -0.2) is 9.97 Å². The van der Waals surface area contributed by atoms with E-state index in [0.29, 0.717) is 31.2 Å². The lowest BCUT2D eigenvalue weighted by molar-refractivity contribution is 0.661. The minimum atomic E-state index is 0.522. The van der Waals surface area contributed by atoms with Crippen LogP contribution in [0.25, 0.3) is 22.3 Å². The predicted octanol–water partition coefficient (Wildman–Crippen LogP) is 9.42.